The number of aromatic carboxylic acids is 1. The number of phenolic OH excluding ortho intramolecular Hbond substituents is 1. The van der Waals surface area contributed by atoms with Crippen LogP contribution in [-0.2, 0) is 11.2 Å². The molecule has 2 aromatic rings. The van der Waals surface area contributed by atoms with E-state index in [1.165, 1.54) is 35.9 Å². The summed E-state index contributed by atoms with van der Waals surface area (Å²) < 4.78 is 5.25. The molecule has 1 aliphatic heterocycles. The van der Waals surface area contributed by atoms with Gasteiger partial charge in [0.15, 0.2) is 16.7 Å². The summed E-state index contributed by atoms with van der Waals surface area (Å²) in [6.07, 6.45) is 3.85. The molecule has 0 bridgehead atoms. The SMILES string of the molecule is C=CCc1cc(/C=C2/SC(=Nc3cccc(C(=O)O)c3)N(CC)C2=O)cc(OC)c1O. The van der Waals surface area contributed by atoms with E-state index in [0.29, 0.717) is 45.6 Å². The third-order valence-electron chi connectivity index (χ3n) is 4.58. The Morgan fingerprint density at radius 1 is 1.32 bits per heavy atom. The summed E-state index contributed by atoms with van der Waals surface area (Å²) in [7, 11) is 1.47. The minimum Gasteiger partial charge on any atom is -0.504 e. The first kappa shape index (κ1) is 22.2. The second-order valence-electron chi connectivity index (χ2n) is 6.63. The minimum atomic E-state index is -1.04. The summed E-state index contributed by atoms with van der Waals surface area (Å²) >= 11 is 1.21. The molecular formula is C23H22N2O5S. The van der Waals surface area contributed by atoms with Crippen LogP contribution in [0.2, 0.25) is 0 Å². The van der Waals surface area contributed by atoms with Gasteiger partial charge in [0, 0.05) is 12.1 Å². The van der Waals surface area contributed by atoms with E-state index >= 15 is 0 Å². The molecule has 3 rings (SSSR count). The van der Waals surface area contributed by atoms with Crippen molar-refractivity contribution in [1.29, 1.82) is 0 Å². The number of amidine groups is 1. The molecule has 0 saturated carbocycles. The van der Waals surface area contributed by atoms with E-state index in [4.69, 9.17) is 4.74 Å². The number of methoxy groups -OCH3 is 1. The number of hydrogen-bond donors (Lipinski definition) is 2. The number of aliphatic imine (C=N–C) groups is 1. The highest BCUT2D eigenvalue weighted by atomic mass is 32.2. The number of hydrogen-bond acceptors (Lipinski definition) is 6. The van der Waals surface area contributed by atoms with Crippen molar-refractivity contribution in [2.24, 2.45) is 4.99 Å². The summed E-state index contributed by atoms with van der Waals surface area (Å²) in [4.78, 5) is 30.6. The number of carbonyl (C=O) groups is 2. The number of allylic oxidation sites excluding steroid dienone is 1. The van der Waals surface area contributed by atoms with Crippen LogP contribution in [0.3, 0.4) is 0 Å². The lowest BCUT2D eigenvalue weighted by molar-refractivity contribution is -0.122. The molecule has 0 radical (unpaired) electrons. The minimum absolute atomic E-state index is 0.0469. The van der Waals surface area contributed by atoms with Crippen LogP contribution in [0.25, 0.3) is 6.08 Å². The Balaban J connectivity index is 1.99. The van der Waals surface area contributed by atoms with Gasteiger partial charge in [-0.25, -0.2) is 9.79 Å². The first-order chi connectivity index (χ1) is 14.9. The molecule has 8 heteroatoms. The van der Waals surface area contributed by atoms with E-state index in [1.54, 1.807) is 36.4 Å². The quantitative estimate of drug-likeness (QED) is 0.489. The Morgan fingerprint density at radius 2 is 2.10 bits per heavy atom. The predicted octanol–water partition coefficient (Wildman–Crippen LogP) is 4.45. The monoisotopic (exact) mass is 438 g/mol. The maximum absolute atomic E-state index is 12.9. The van der Waals surface area contributed by atoms with Gasteiger partial charge in [-0.15, -0.1) is 6.58 Å². The molecule has 0 spiro atoms. The number of likely N-dealkylation sites (N-methyl/N-ethyl adjacent to an activating group) is 1. The van der Waals surface area contributed by atoms with Crippen molar-refractivity contribution in [1.82, 2.24) is 4.90 Å². The van der Waals surface area contributed by atoms with Gasteiger partial charge in [-0.05, 0) is 67.1 Å². The number of benzene rings is 2. The molecule has 1 saturated heterocycles. The molecule has 0 atom stereocenters. The zero-order valence-electron chi connectivity index (χ0n) is 17.2. The fraction of sp³-hybridized carbons (Fsp3) is 0.174. The third kappa shape index (κ3) is 4.80. The number of rotatable bonds is 7. The molecule has 1 heterocycles. The molecule has 160 valence electrons. The van der Waals surface area contributed by atoms with Gasteiger partial charge in [0.1, 0.15) is 0 Å². The topological polar surface area (TPSA) is 99.4 Å². The number of amides is 1. The van der Waals surface area contributed by atoms with Gasteiger partial charge in [0.05, 0.1) is 23.3 Å². The van der Waals surface area contributed by atoms with Crippen molar-refractivity contribution in [3.63, 3.8) is 0 Å². The number of carboxylic acid groups (broad SMARTS) is 1. The molecule has 1 aliphatic rings. The Morgan fingerprint density at radius 3 is 2.74 bits per heavy atom. The van der Waals surface area contributed by atoms with Gasteiger partial charge in [0.2, 0.25) is 0 Å². The Kier molecular flexibility index (Phi) is 6.81. The molecule has 0 unspecified atom stereocenters. The van der Waals surface area contributed by atoms with Crippen LogP contribution in [0.1, 0.15) is 28.4 Å². The van der Waals surface area contributed by atoms with Crippen LogP contribution in [0, 0.1) is 0 Å². The van der Waals surface area contributed by atoms with Crippen LogP contribution in [0.4, 0.5) is 5.69 Å². The maximum Gasteiger partial charge on any atom is 0.335 e. The van der Waals surface area contributed by atoms with Crippen LogP contribution < -0.4 is 4.74 Å². The smallest absolute Gasteiger partial charge is 0.335 e. The third-order valence-corrected chi connectivity index (χ3v) is 5.59. The van der Waals surface area contributed by atoms with E-state index in [0.717, 1.165) is 0 Å². The van der Waals surface area contributed by atoms with Crippen molar-refractivity contribution in [3.8, 4) is 11.5 Å². The molecular weight excluding hydrogens is 416 g/mol. The molecule has 1 fully saturated rings. The first-order valence-corrected chi connectivity index (χ1v) is 10.3. The fourth-order valence-electron chi connectivity index (χ4n) is 3.08. The van der Waals surface area contributed by atoms with Gasteiger partial charge in [-0.3, -0.25) is 9.69 Å². The van der Waals surface area contributed by atoms with Gasteiger partial charge >= 0.3 is 5.97 Å². The molecule has 2 N–H and O–H groups in total. The molecule has 7 nitrogen and oxygen atoms in total. The van der Waals surface area contributed by atoms with E-state index in [-0.39, 0.29) is 17.2 Å². The predicted molar refractivity (Wildman–Crippen MR) is 122 cm³/mol. The molecule has 0 aromatic heterocycles. The van der Waals surface area contributed by atoms with E-state index in [1.807, 2.05) is 6.92 Å². The summed E-state index contributed by atoms with van der Waals surface area (Å²) in [6, 6.07) is 9.68. The molecule has 0 aliphatic carbocycles. The standard InChI is InChI=1S/C23H22N2O5S/c1-4-7-15-10-14(11-18(30-3)20(15)26)12-19-21(27)25(5-2)23(31-19)24-17-9-6-8-16(13-17)22(28)29/h4,6,8-13,26H,1,5,7H2,2-3H3,(H,28,29)/b19-12+,24-23?. The van der Waals surface area contributed by atoms with Crippen molar-refractivity contribution in [2.45, 2.75) is 13.3 Å². The number of carbonyl (C=O) groups excluding carboxylic acids is 1. The zero-order valence-corrected chi connectivity index (χ0v) is 18.0. The second-order valence-corrected chi connectivity index (χ2v) is 7.64. The number of phenols is 1. The number of nitrogens with zero attached hydrogens (tertiary/aromatic N) is 2. The van der Waals surface area contributed by atoms with Crippen LogP contribution >= 0.6 is 11.8 Å². The van der Waals surface area contributed by atoms with Gasteiger partial charge in [-0.2, -0.15) is 0 Å². The van der Waals surface area contributed by atoms with E-state index in [9.17, 15) is 19.8 Å². The first-order valence-electron chi connectivity index (χ1n) is 9.52. The van der Waals surface area contributed by atoms with Gasteiger partial charge in [0.25, 0.3) is 5.91 Å². The number of aromatic hydroxyl groups is 1. The van der Waals surface area contributed by atoms with Crippen LogP contribution in [0.15, 0.2) is 59.0 Å². The highest BCUT2D eigenvalue weighted by Gasteiger charge is 2.32. The van der Waals surface area contributed by atoms with Crippen molar-refractivity contribution < 1.29 is 24.5 Å². The van der Waals surface area contributed by atoms with Crippen molar-refractivity contribution in [3.05, 3.63) is 70.6 Å². The number of thioether (sulfide) groups is 1. The summed E-state index contributed by atoms with van der Waals surface area (Å²) in [5, 5.41) is 19.9. The zero-order chi connectivity index (χ0) is 22.5. The maximum atomic E-state index is 12.9. The van der Waals surface area contributed by atoms with Gasteiger partial charge < -0.3 is 14.9 Å². The summed E-state index contributed by atoms with van der Waals surface area (Å²) in [5.74, 6) is -0.876. The van der Waals surface area contributed by atoms with Crippen molar-refractivity contribution >= 4 is 40.6 Å². The highest BCUT2D eigenvalue weighted by Crippen LogP contribution is 2.37. The Bertz CT molecular complexity index is 1110. The van der Waals surface area contributed by atoms with Crippen LogP contribution in [0.5, 0.6) is 11.5 Å². The van der Waals surface area contributed by atoms with E-state index in [2.05, 4.69) is 11.6 Å². The normalized spacial score (nSPS) is 16.2. The highest BCUT2D eigenvalue weighted by molar-refractivity contribution is 8.18. The lowest BCUT2D eigenvalue weighted by Gasteiger charge is -2.12. The second kappa shape index (κ2) is 9.53. The van der Waals surface area contributed by atoms with Crippen LogP contribution in [-0.4, -0.2) is 45.8 Å². The Hall–Kier alpha value is -3.52. The van der Waals surface area contributed by atoms with Gasteiger partial charge in [-0.1, -0.05) is 12.1 Å². The molecule has 2 aromatic carbocycles. The Labute approximate surface area is 184 Å². The summed E-state index contributed by atoms with van der Waals surface area (Å²) in [6.45, 7) is 5.96. The van der Waals surface area contributed by atoms with Crippen molar-refractivity contribution in [2.75, 3.05) is 13.7 Å². The number of ether oxygens (including phenoxy) is 1. The fourth-order valence-corrected chi connectivity index (χ4v) is 4.14. The largest absolute Gasteiger partial charge is 0.504 e. The average Bonchev–Trinajstić information content (AvgIpc) is 3.04. The lowest BCUT2D eigenvalue weighted by atomic mass is 10.1. The summed E-state index contributed by atoms with van der Waals surface area (Å²) in [5.41, 5.74) is 1.92. The molecule has 31 heavy (non-hydrogen) atoms. The lowest BCUT2D eigenvalue weighted by Crippen LogP contribution is -2.28. The van der Waals surface area contributed by atoms with E-state index < -0.39 is 5.97 Å². The number of carboxylic acids is 1. The average molecular weight is 439 g/mol. The molecule has 1 amide bonds.